The Morgan fingerprint density at radius 1 is 1.27 bits per heavy atom. The number of fused-ring (bicyclic) bond motifs is 1. The van der Waals surface area contributed by atoms with E-state index in [-0.39, 0.29) is 0 Å². The zero-order chi connectivity index (χ0) is 11.1. The van der Waals surface area contributed by atoms with E-state index in [9.17, 15) is 5.11 Å². The van der Waals surface area contributed by atoms with Crippen LogP contribution in [0.4, 0.5) is 0 Å². The highest BCUT2D eigenvalue weighted by molar-refractivity contribution is 6.83. The lowest BCUT2D eigenvalue weighted by atomic mass is 9.74. The third-order valence-corrected chi connectivity index (χ3v) is 3.43. The molecule has 78 valence electrons. The topological polar surface area (TPSA) is 20.2 Å². The highest BCUT2D eigenvalue weighted by atomic mass is 28.3. The molecule has 0 saturated carbocycles. The van der Waals surface area contributed by atoms with Crippen molar-refractivity contribution in [2.24, 2.45) is 0 Å². The van der Waals surface area contributed by atoms with Crippen LogP contribution in [0, 0.1) is 11.5 Å². The normalized spacial score (nSPS) is 23.5. The molecule has 1 nitrogen and oxygen atoms in total. The van der Waals surface area contributed by atoms with Crippen molar-refractivity contribution in [2.75, 3.05) is 0 Å². The molecule has 0 saturated heterocycles. The first kappa shape index (κ1) is 10.5. The van der Waals surface area contributed by atoms with Gasteiger partial charge >= 0.3 is 0 Å². The van der Waals surface area contributed by atoms with E-state index in [1.54, 1.807) is 0 Å². The van der Waals surface area contributed by atoms with Crippen molar-refractivity contribution in [2.45, 2.75) is 31.7 Å². The van der Waals surface area contributed by atoms with E-state index in [2.05, 4.69) is 37.2 Å². The zero-order valence-electron chi connectivity index (χ0n) is 9.46. The van der Waals surface area contributed by atoms with Crippen molar-refractivity contribution in [1.82, 2.24) is 0 Å². The van der Waals surface area contributed by atoms with E-state index in [4.69, 9.17) is 0 Å². The molecule has 15 heavy (non-hydrogen) atoms. The van der Waals surface area contributed by atoms with Gasteiger partial charge in [-0.05, 0) is 11.1 Å². The fourth-order valence-corrected chi connectivity index (χ4v) is 2.33. The summed E-state index contributed by atoms with van der Waals surface area (Å²) in [5.74, 6) is 3.06. The monoisotopic (exact) mass is 216 g/mol. The molecular formula is C13H16OSi. The number of hydrogen-bond donors (Lipinski definition) is 1. The summed E-state index contributed by atoms with van der Waals surface area (Å²) in [4.78, 5) is 0. The molecule has 0 spiro atoms. The van der Waals surface area contributed by atoms with E-state index in [1.165, 1.54) is 5.56 Å². The Morgan fingerprint density at radius 2 is 1.93 bits per heavy atom. The lowest BCUT2D eigenvalue weighted by Gasteiger charge is -2.35. The summed E-state index contributed by atoms with van der Waals surface area (Å²) in [6.45, 7) is 6.57. The van der Waals surface area contributed by atoms with Crippen molar-refractivity contribution >= 4 is 8.07 Å². The maximum atomic E-state index is 10.3. The summed E-state index contributed by atoms with van der Waals surface area (Å²) < 4.78 is 0. The molecule has 0 bridgehead atoms. The van der Waals surface area contributed by atoms with E-state index in [1.807, 2.05) is 18.2 Å². The predicted octanol–water partition coefficient (Wildman–Crippen LogP) is 2.31. The summed E-state index contributed by atoms with van der Waals surface area (Å²) in [6.07, 6.45) is 0.681. The van der Waals surface area contributed by atoms with Crippen LogP contribution in [0.15, 0.2) is 24.3 Å². The second kappa shape index (κ2) is 3.23. The molecule has 1 unspecified atom stereocenters. The van der Waals surface area contributed by atoms with Gasteiger partial charge in [0.15, 0.2) is 5.60 Å². The van der Waals surface area contributed by atoms with E-state index in [0.29, 0.717) is 6.42 Å². The van der Waals surface area contributed by atoms with Crippen LogP contribution in [0.1, 0.15) is 11.1 Å². The van der Waals surface area contributed by atoms with E-state index < -0.39 is 13.7 Å². The number of rotatable bonds is 0. The van der Waals surface area contributed by atoms with Crippen LogP contribution in [0.5, 0.6) is 0 Å². The summed E-state index contributed by atoms with van der Waals surface area (Å²) in [7, 11) is -1.39. The molecule has 0 aliphatic heterocycles. The highest BCUT2D eigenvalue weighted by Crippen LogP contribution is 2.38. The number of benzene rings is 1. The minimum absolute atomic E-state index is 0.681. The Kier molecular flexibility index (Phi) is 2.25. The quantitative estimate of drug-likeness (QED) is 0.521. The number of hydrogen-bond acceptors (Lipinski definition) is 1. The first-order chi connectivity index (χ1) is 6.91. The molecule has 1 aliphatic carbocycles. The zero-order valence-corrected chi connectivity index (χ0v) is 10.5. The molecule has 0 amide bonds. The lowest BCUT2D eigenvalue weighted by Crippen LogP contribution is -2.37. The summed E-state index contributed by atoms with van der Waals surface area (Å²) in [6, 6.07) is 7.99. The van der Waals surface area contributed by atoms with Crippen LogP contribution in [0.3, 0.4) is 0 Å². The van der Waals surface area contributed by atoms with Gasteiger partial charge in [-0.25, -0.2) is 0 Å². The predicted molar refractivity (Wildman–Crippen MR) is 65.2 cm³/mol. The molecule has 0 heterocycles. The molecule has 1 aromatic carbocycles. The van der Waals surface area contributed by atoms with Crippen molar-refractivity contribution < 1.29 is 5.11 Å². The van der Waals surface area contributed by atoms with Crippen molar-refractivity contribution in [3.8, 4) is 11.5 Å². The molecule has 1 aromatic rings. The average molecular weight is 216 g/mol. The average Bonchev–Trinajstić information content (AvgIpc) is 2.12. The Morgan fingerprint density at radius 3 is 2.53 bits per heavy atom. The SMILES string of the molecule is C[Si](C)(C)C#CC1(O)Cc2ccccc21. The van der Waals surface area contributed by atoms with Gasteiger partial charge in [0.25, 0.3) is 0 Å². The minimum atomic E-state index is -1.39. The van der Waals surface area contributed by atoms with Gasteiger partial charge in [-0.1, -0.05) is 49.8 Å². The van der Waals surface area contributed by atoms with Crippen LogP contribution in [-0.4, -0.2) is 13.2 Å². The molecule has 2 heteroatoms. The maximum absolute atomic E-state index is 10.3. The third-order valence-electron chi connectivity index (χ3n) is 2.55. The molecule has 0 radical (unpaired) electrons. The second-order valence-corrected chi connectivity index (χ2v) is 9.94. The molecule has 0 aromatic heterocycles. The Hall–Kier alpha value is -1.04. The summed E-state index contributed by atoms with van der Waals surface area (Å²) in [5, 5.41) is 10.3. The Bertz CT molecular complexity index is 448. The van der Waals surface area contributed by atoms with Gasteiger partial charge in [0.2, 0.25) is 0 Å². The minimum Gasteiger partial charge on any atom is -0.373 e. The largest absolute Gasteiger partial charge is 0.373 e. The first-order valence-corrected chi connectivity index (χ1v) is 8.76. The van der Waals surface area contributed by atoms with Gasteiger partial charge in [0.1, 0.15) is 8.07 Å². The molecular weight excluding hydrogens is 200 g/mol. The van der Waals surface area contributed by atoms with E-state index >= 15 is 0 Å². The standard InChI is InChI=1S/C13H16OSi/c1-15(2,3)9-8-13(14)10-11-6-4-5-7-12(11)13/h4-7,14H,10H2,1-3H3. The second-order valence-electron chi connectivity index (χ2n) is 5.19. The van der Waals surface area contributed by atoms with Crippen molar-refractivity contribution in [3.63, 3.8) is 0 Å². The number of aliphatic hydroxyl groups is 1. The smallest absolute Gasteiger partial charge is 0.154 e. The van der Waals surface area contributed by atoms with Gasteiger partial charge < -0.3 is 5.11 Å². The van der Waals surface area contributed by atoms with Gasteiger partial charge in [-0.3, -0.25) is 0 Å². The lowest BCUT2D eigenvalue weighted by molar-refractivity contribution is 0.0756. The van der Waals surface area contributed by atoms with Crippen LogP contribution < -0.4 is 0 Å². The van der Waals surface area contributed by atoms with Crippen LogP contribution >= 0.6 is 0 Å². The third kappa shape index (κ3) is 1.99. The van der Waals surface area contributed by atoms with Crippen LogP contribution in [-0.2, 0) is 12.0 Å². The molecule has 0 fully saturated rings. The van der Waals surface area contributed by atoms with E-state index in [0.717, 1.165) is 5.56 Å². The molecule has 1 atom stereocenters. The summed E-state index contributed by atoms with van der Waals surface area (Å²) >= 11 is 0. The fourth-order valence-electron chi connectivity index (χ4n) is 1.74. The van der Waals surface area contributed by atoms with Gasteiger partial charge in [-0.2, -0.15) is 0 Å². The first-order valence-electron chi connectivity index (χ1n) is 5.26. The van der Waals surface area contributed by atoms with Crippen molar-refractivity contribution in [1.29, 1.82) is 0 Å². The van der Waals surface area contributed by atoms with Gasteiger partial charge in [0, 0.05) is 6.42 Å². The fraction of sp³-hybridized carbons (Fsp3) is 0.385. The highest BCUT2D eigenvalue weighted by Gasteiger charge is 2.39. The maximum Gasteiger partial charge on any atom is 0.154 e. The summed E-state index contributed by atoms with van der Waals surface area (Å²) in [5.41, 5.74) is 4.60. The Labute approximate surface area is 92.2 Å². The molecule has 1 aliphatic rings. The van der Waals surface area contributed by atoms with Gasteiger partial charge in [0.05, 0.1) is 0 Å². The Balaban J connectivity index is 2.30. The van der Waals surface area contributed by atoms with Crippen LogP contribution in [0.25, 0.3) is 0 Å². The molecule has 2 rings (SSSR count). The van der Waals surface area contributed by atoms with Crippen molar-refractivity contribution in [3.05, 3.63) is 35.4 Å². The van der Waals surface area contributed by atoms with Crippen LogP contribution in [0.2, 0.25) is 19.6 Å². The van der Waals surface area contributed by atoms with Gasteiger partial charge in [-0.15, -0.1) is 5.54 Å². The molecule has 1 N–H and O–H groups in total.